The van der Waals surface area contributed by atoms with Crippen molar-refractivity contribution in [3.8, 4) is 5.75 Å². The van der Waals surface area contributed by atoms with Crippen molar-refractivity contribution in [1.29, 1.82) is 0 Å². The van der Waals surface area contributed by atoms with Crippen LogP contribution in [0.4, 0.5) is 0 Å². The maximum absolute atomic E-state index is 12.0. The molecule has 104 valence electrons. The summed E-state index contributed by atoms with van der Waals surface area (Å²) in [6, 6.07) is 3.95. The lowest BCUT2D eigenvalue weighted by Crippen LogP contribution is -2.36. The number of carbonyl (C=O) groups is 1. The minimum atomic E-state index is -0.282. The van der Waals surface area contributed by atoms with Crippen LogP contribution < -0.4 is 15.8 Å². The molecule has 1 aliphatic rings. The van der Waals surface area contributed by atoms with E-state index in [9.17, 15) is 4.79 Å². The predicted molar refractivity (Wildman–Crippen MR) is 75.0 cm³/mol. The Morgan fingerprint density at radius 1 is 1.37 bits per heavy atom. The number of rotatable bonds is 5. The molecule has 0 aliphatic heterocycles. The Kier molecular flexibility index (Phi) is 3.80. The Hall–Kier alpha value is -1.55. The Morgan fingerprint density at radius 2 is 2.05 bits per heavy atom. The van der Waals surface area contributed by atoms with Gasteiger partial charge in [-0.2, -0.15) is 0 Å². The van der Waals surface area contributed by atoms with Gasteiger partial charge >= 0.3 is 0 Å². The van der Waals surface area contributed by atoms with E-state index in [1.807, 2.05) is 19.1 Å². The summed E-state index contributed by atoms with van der Waals surface area (Å²) in [4.78, 5) is 12.0. The third kappa shape index (κ3) is 2.59. The van der Waals surface area contributed by atoms with Gasteiger partial charge in [-0.05, 0) is 49.4 Å². The van der Waals surface area contributed by atoms with Gasteiger partial charge in [-0.25, -0.2) is 0 Å². The maximum Gasteiger partial charge on any atom is 0.227 e. The average Bonchev–Trinajstić information content (AvgIpc) is 3.21. The highest BCUT2D eigenvalue weighted by Crippen LogP contribution is 2.44. The molecule has 19 heavy (non-hydrogen) atoms. The Labute approximate surface area is 114 Å². The second kappa shape index (κ2) is 5.21. The summed E-state index contributed by atoms with van der Waals surface area (Å²) in [7, 11) is 1.67. The Morgan fingerprint density at radius 3 is 2.58 bits per heavy atom. The van der Waals surface area contributed by atoms with Crippen LogP contribution in [-0.2, 0) is 11.3 Å². The number of nitrogens with two attached hydrogens (primary N) is 1. The lowest BCUT2D eigenvalue weighted by molar-refractivity contribution is -0.126. The molecule has 2 rings (SSSR count). The molecule has 1 aliphatic carbocycles. The summed E-state index contributed by atoms with van der Waals surface area (Å²) >= 11 is 0. The predicted octanol–water partition coefficient (Wildman–Crippen LogP) is 1.67. The van der Waals surface area contributed by atoms with Gasteiger partial charge in [-0.3, -0.25) is 4.79 Å². The van der Waals surface area contributed by atoms with Crippen molar-refractivity contribution in [2.45, 2.75) is 33.2 Å². The van der Waals surface area contributed by atoms with E-state index in [1.54, 1.807) is 7.11 Å². The zero-order chi connectivity index (χ0) is 14.0. The molecule has 0 heterocycles. The Bertz CT molecular complexity index is 493. The number of amides is 1. The molecule has 1 saturated carbocycles. The van der Waals surface area contributed by atoms with Gasteiger partial charge in [0.15, 0.2) is 0 Å². The molecular formula is C15H22N2O2. The first-order chi connectivity index (χ1) is 9.04. The molecule has 0 unspecified atom stereocenters. The average molecular weight is 262 g/mol. The fourth-order valence-corrected chi connectivity index (χ4v) is 2.30. The van der Waals surface area contributed by atoms with E-state index in [-0.39, 0.29) is 11.3 Å². The van der Waals surface area contributed by atoms with E-state index in [0.29, 0.717) is 13.1 Å². The number of nitrogens with one attached hydrogen (secondary N) is 1. The first-order valence-electron chi connectivity index (χ1n) is 6.65. The van der Waals surface area contributed by atoms with Crippen molar-refractivity contribution in [2.24, 2.45) is 11.1 Å². The molecule has 4 heteroatoms. The molecule has 0 aromatic heterocycles. The summed E-state index contributed by atoms with van der Waals surface area (Å²) in [6.45, 7) is 5.08. The van der Waals surface area contributed by atoms with Gasteiger partial charge in [0.05, 0.1) is 12.5 Å². The van der Waals surface area contributed by atoms with Crippen molar-refractivity contribution in [3.05, 3.63) is 28.8 Å². The quantitative estimate of drug-likeness (QED) is 0.848. The summed E-state index contributed by atoms with van der Waals surface area (Å²) < 4.78 is 5.28. The largest absolute Gasteiger partial charge is 0.496 e. The van der Waals surface area contributed by atoms with Crippen molar-refractivity contribution in [3.63, 3.8) is 0 Å². The number of hydrogen-bond acceptors (Lipinski definition) is 3. The fraction of sp³-hybridized carbons (Fsp3) is 0.533. The van der Waals surface area contributed by atoms with E-state index in [4.69, 9.17) is 10.5 Å². The van der Waals surface area contributed by atoms with E-state index in [0.717, 1.165) is 35.3 Å². The number of hydrogen-bond donors (Lipinski definition) is 2. The van der Waals surface area contributed by atoms with Gasteiger partial charge in [-0.15, -0.1) is 0 Å². The summed E-state index contributed by atoms with van der Waals surface area (Å²) in [5.41, 5.74) is 8.78. The number of methoxy groups -OCH3 is 1. The number of benzene rings is 1. The van der Waals surface area contributed by atoms with E-state index in [1.165, 1.54) is 0 Å². The van der Waals surface area contributed by atoms with Gasteiger partial charge in [0, 0.05) is 13.1 Å². The van der Waals surface area contributed by atoms with Crippen molar-refractivity contribution >= 4 is 5.91 Å². The van der Waals surface area contributed by atoms with Crippen LogP contribution in [0.1, 0.15) is 29.5 Å². The van der Waals surface area contributed by atoms with Crippen LogP contribution >= 0.6 is 0 Å². The molecule has 0 radical (unpaired) electrons. The first-order valence-corrected chi connectivity index (χ1v) is 6.65. The van der Waals surface area contributed by atoms with Crippen LogP contribution in [0.5, 0.6) is 5.75 Å². The maximum atomic E-state index is 12.0. The molecule has 1 aromatic carbocycles. The highest BCUT2D eigenvalue weighted by molar-refractivity contribution is 5.85. The molecule has 1 amide bonds. The molecule has 0 spiro atoms. The van der Waals surface area contributed by atoms with Crippen LogP contribution in [0.25, 0.3) is 0 Å². The normalized spacial score (nSPS) is 16.0. The minimum Gasteiger partial charge on any atom is -0.496 e. The van der Waals surface area contributed by atoms with Crippen molar-refractivity contribution < 1.29 is 9.53 Å². The molecule has 3 N–H and O–H groups in total. The zero-order valence-electron chi connectivity index (χ0n) is 11.9. The van der Waals surface area contributed by atoms with Gasteiger partial charge in [0.2, 0.25) is 5.91 Å². The smallest absolute Gasteiger partial charge is 0.227 e. The molecule has 1 fully saturated rings. The highest BCUT2D eigenvalue weighted by atomic mass is 16.5. The van der Waals surface area contributed by atoms with Gasteiger partial charge in [0.1, 0.15) is 5.75 Å². The van der Waals surface area contributed by atoms with Crippen LogP contribution in [0, 0.1) is 19.3 Å². The van der Waals surface area contributed by atoms with Crippen LogP contribution in [0.2, 0.25) is 0 Å². The van der Waals surface area contributed by atoms with Crippen LogP contribution in [0.15, 0.2) is 12.1 Å². The molecule has 0 saturated heterocycles. The van der Waals surface area contributed by atoms with Gasteiger partial charge < -0.3 is 15.8 Å². The lowest BCUT2D eigenvalue weighted by atomic mass is 10.0. The van der Waals surface area contributed by atoms with Crippen LogP contribution in [0.3, 0.4) is 0 Å². The van der Waals surface area contributed by atoms with Crippen molar-refractivity contribution in [1.82, 2.24) is 5.32 Å². The van der Waals surface area contributed by atoms with E-state index < -0.39 is 0 Å². The molecule has 0 atom stereocenters. The SMILES string of the molecule is COc1ccc(CNC(=O)C2(CN)CC2)c(C)c1C. The van der Waals surface area contributed by atoms with Crippen molar-refractivity contribution in [2.75, 3.05) is 13.7 Å². The lowest BCUT2D eigenvalue weighted by Gasteiger charge is -2.16. The molecule has 1 aromatic rings. The van der Waals surface area contributed by atoms with E-state index >= 15 is 0 Å². The molecular weight excluding hydrogens is 240 g/mol. The summed E-state index contributed by atoms with van der Waals surface area (Å²) in [5, 5.41) is 3.00. The van der Waals surface area contributed by atoms with Gasteiger partial charge in [-0.1, -0.05) is 6.07 Å². The third-order valence-corrected chi connectivity index (χ3v) is 4.23. The second-order valence-electron chi connectivity index (χ2n) is 5.34. The molecule has 4 nitrogen and oxygen atoms in total. The monoisotopic (exact) mass is 262 g/mol. The van der Waals surface area contributed by atoms with Crippen LogP contribution in [-0.4, -0.2) is 19.6 Å². The zero-order valence-corrected chi connectivity index (χ0v) is 11.9. The fourth-order valence-electron chi connectivity index (χ4n) is 2.30. The molecule has 0 bridgehead atoms. The third-order valence-electron chi connectivity index (χ3n) is 4.23. The number of ether oxygens (including phenoxy) is 1. The second-order valence-corrected chi connectivity index (χ2v) is 5.34. The highest BCUT2D eigenvalue weighted by Gasteiger charge is 2.48. The number of carbonyl (C=O) groups excluding carboxylic acids is 1. The standard InChI is InChI=1S/C15H22N2O2/c1-10-11(2)13(19-3)5-4-12(10)8-17-14(18)15(9-16)6-7-15/h4-5H,6-9,16H2,1-3H3,(H,17,18). The van der Waals surface area contributed by atoms with Gasteiger partial charge in [0.25, 0.3) is 0 Å². The van der Waals surface area contributed by atoms with E-state index in [2.05, 4.69) is 12.2 Å². The Balaban J connectivity index is 2.04. The minimum absolute atomic E-state index is 0.0860. The summed E-state index contributed by atoms with van der Waals surface area (Å²) in [6.07, 6.45) is 1.83. The summed E-state index contributed by atoms with van der Waals surface area (Å²) in [5.74, 6) is 0.969. The topological polar surface area (TPSA) is 64.3 Å². The first kappa shape index (κ1) is 13.9.